The van der Waals surface area contributed by atoms with Gasteiger partial charge in [0, 0.05) is 37.4 Å². The number of hydrogen-bond acceptors (Lipinski definition) is 8. The average molecular weight is 491 g/mol. The van der Waals surface area contributed by atoms with E-state index in [1.807, 2.05) is 20.8 Å². The zero-order valence-electron chi connectivity index (χ0n) is 18.6. The molecule has 1 unspecified atom stereocenters. The van der Waals surface area contributed by atoms with Crippen LogP contribution in [0.25, 0.3) is 16.2 Å². The maximum atomic E-state index is 13.6. The van der Waals surface area contributed by atoms with Crippen LogP contribution >= 0.6 is 11.3 Å². The number of aromatic nitrogens is 6. The molecule has 4 aromatic rings. The van der Waals surface area contributed by atoms with Crippen LogP contribution in [0.3, 0.4) is 0 Å². The Morgan fingerprint density at radius 1 is 1.18 bits per heavy atom. The number of pyridine rings is 2. The predicted octanol–water partition coefficient (Wildman–Crippen LogP) is 4.45. The maximum Gasteiger partial charge on any atom is 0.420 e. The Bertz CT molecular complexity index is 1320. The second kappa shape index (κ2) is 9.55. The molecule has 12 heteroatoms. The highest BCUT2D eigenvalue weighted by atomic mass is 32.1. The predicted molar refractivity (Wildman–Crippen MR) is 119 cm³/mol. The summed E-state index contributed by atoms with van der Waals surface area (Å²) >= 11 is 1.45. The van der Waals surface area contributed by atoms with Gasteiger partial charge in [0.1, 0.15) is 21.7 Å². The van der Waals surface area contributed by atoms with Crippen LogP contribution in [0, 0.1) is 6.92 Å². The van der Waals surface area contributed by atoms with E-state index in [1.54, 1.807) is 6.20 Å². The molecule has 178 valence electrons. The van der Waals surface area contributed by atoms with Crippen molar-refractivity contribution in [1.82, 2.24) is 29.9 Å². The SMILES string of the molecule is CCOC(C)c1c(CC(=O)Cc2cnc(-n3nccn3)c(C(F)(F)F)c2)cnc2sc(C)nc12. The number of rotatable bonds is 8. The van der Waals surface area contributed by atoms with Gasteiger partial charge in [0.05, 0.1) is 23.5 Å². The number of alkyl halides is 3. The lowest BCUT2D eigenvalue weighted by Gasteiger charge is -2.17. The molecule has 0 saturated carbocycles. The molecule has 0 aliphatic carbocycles. The van der Waals surface area contributed by atoms with Crippen molar-refractivity contribution in [2.45, 2.75) is 45.9 Å². The van der Waals surface area contributed by atoms with E-state index >= 15 is 0 Å². The van der Waals surface area contributed by atoms with Gasteiger partial charge >= 0.3 is 6.18 Å². The molecule has 0 aliphatic heterocycles. The Kier molecular flexibility index (Phi) is 6.71. The molecule has 0 spiro atoms. The highest BCUT2D eigenvalue weighted by Crippen LogP contribution is 2.34. The molecule has 0 saturated heterocycles. The maximum absolute atomic E-state index is 13.6. The summed E-state index contributed by atoms with van der Waals surface area (Å²) in [6.45, 7) is 6.10. The minimum absolute atomic E-state index is 0.0178. The molecule has 0 bridgehead atoms. The first-order chi connectivity index (χ1) is 16.2. The topological polar surface area (TPSA) is 95.7 Å². The Labute approximate surface area is 196 Å². The highest BCUT2D eigenvalue weighted by Gasteiger charge is 2.36. The van der Waals surface area contributed by atoms with Crippen molar-refractivity contribution in [2.24, 2.45) is 0 Å². The molecular weight excluding hydrogens is 469 g/mol. The van der Waals surface area contributed by atoms with Crippen LogP contribution in [-0.4, -0.2) is 42.3 Å². The van der Waals surface area contributed by atoms with Crippen molar-refractivity contribution in [1.29, 1.82) is 0 Å². The van der Waals surface area contributed by atoms with E-state index in [0.29, 0.717) is 17.7 Å². The van der Waals surface area contributed by atoms with Crippen molar-refractivity contribution in [2.75, 3.05) is 6.61 Å². The zero-order valence-corrected chi connectivity index (χ0v) is 19.4. The molecular formula is C22H21F3N6O2S. The van der Waals surface area contributed by atoms with Gasteiger partial charge in [0.25, 0.3) is 0 Å². The number of halogens is 3. The number of Topliss-reactive ketones (excluding diaryl/α,β-unsaturated/α-hetero) is 1. The lowest BCUT2D eigenvalue weighted by molar-refractivity contribution is -0.138. The number of nitrogens with zero attached hydrogens (tertiary/aromatic N) is 6. The number of aryl methyl sites for hydroxylation is 1. The summed E-state index contributed by atoms with van der Waals surface area (Å²) in [6, 6.07) is 0.915. The smallest absolute Gasteiger partial charge is 0.374 e. The van der Waals surface area contributed by atoms with Crippen molar-refractivity contribution < 1.29 is 22.7 Å². The summed E-state index contributed by atoms with van der Waals surface area (Å²) in [5, 5.41) is 8.30. The molecule has 0 fully saturated rings. The third-order valence-electron chi connectivity index (χ3n) is 5.10. The van der Waals surface area contributed by atoms with E-state index in [-0.39, 0.29) is 30.3 Å². The molecule has 1 atom stereocenters. The highest BCUT2D eigenvalue weighted by molar-refractivity contribution is 7.18. The standard InChI is InChI=1S/C22H21F3N6O2S/c1-4-33-12(2)18-15(11-27-21-19(18)30-13(3)34-21)9-16(32)7-14-8-17(22(23,24)25)20(26-10-14)31-28-5-6-29-31/h5-6,8,10-12H,4,7,9H2,1-3H3. The van der Waals surface area contributed by atoms with Crippen LogP contribution in [0.5, 0.6) is 0 Å². The summed E-state index contributed by atoms with van der Waals surface area (Å²) in [6.07, 6.45) is 0.125. The summed E-state index contributed by atoms with van der Waals surface area (Å²) in [5.74, 6) is -0.729. The average Bonchev–Trinajstić information content (AvgIpc) is 3.42. The van der Waals surface area contributed by atoms with Crippen molar-refractivity contribution in [3.05, 3.63) is 58.1 Å². The summed E-state index contributed by atoms with van der Waals surface area (Å²) in [4.78, 5) is 27.3. The third kappa shape index (κ3) is 4.97. The molecule has 0 aliphatic rings. The number of carbonyl (C=O) groups excluding carboxylic acids is 1. The van der Waals surface area contributed by atoms with Crippen LogP contribution in [0.4, 0.5) is 13.2 Å². The fraction of sp³-hybridized carbons (Fsp3) is 0.364. The van der Waals surface area contributed by atoms with Gasteiger partial charge in [-0.15, -0.1) is 4.80 Å². The second-order valence-electron chi connectivity index (χ2n) is 7.60. The third-order valence-corrected chi connectivity index (χ3v) is 5.98. The summed E-state index contributed by atoms with van der Waals surface area (Å²) < 4.78 is 46.7. The zero-order chi connectivity index (χ0) is 24.5. The summed E-state index contributed by atoms with van der Waals surface area (Å²) in [5.41, 5.74) is 1.24. The number of carbonyl (C=O) groups is 1. The Morgan fingerprint density at radius 2 is 1.91 bits per heavy atom. The molecule has 4 aromatic heterocycles. The van der Waals surface area contributed by atoms with Crippen LogP contribution in [0.2, 0.25) is 0 Å². The molecule has 0 radical (unpaired) electrons. The van der Waals surface area contributed by atoms with Crippen LogP contribution in [0.1, 0.15) is 47.2 Å². The number of thiazole rings is 1. The minimum Gasteiger partial charge on any atom is -0.374 e. The fourth-order valence-electron chi connectivity index (χ4n) is 3.76. The lowest BCUT2D eigenvalue weighted by Crippen LogP contribution is -2.16. The van der Waals surface area contributed by atoms with Crippen molar-refractivity contribution in [3.8, 4) is 5.82 Å². The van der Waals surface area contributed by atoms with E-state index < -0.39 is 17.6 Å². The minimum atomic E-state index is -4.69. The Hall–Kier alpha value is -3.25. The molecule has 0 N–H and O–H groups in total. The van der Waals surface area contributed by atoms with E-state index in [2.05, 4.69) is 25.1 Å². The number of hydrogen-bond donors (Lipinski definition) is 0. The Morgan fingerprint density at radius 3 is 2.59 bits per heavy atom. The molecule has 0 aromatic carbocycles. The van der Waals surface area contributed by atoms with Gasteiger partial charge in [-0.25, -0.2) is 15.0 Å². The first-order valence-electron chi connectivity index (χ1n) is 10.5. The Balaban J connectivity index is 1.63. The molecule has 4 rings (SSSR count). The first-order valence-corrected chi connectivity index (χ1v) is 11.3. The van der Waals surface area contributed by atoms with E-state index in [4.69, 9.17) is 4.74 Å². The largest absolute Gasteiger partial charge is 0.420 e. The van der Waals surface area contributed by atoms with Gasteiger partial charge in [0.15, 0.2) is 5.82 Å². The van der Waals surface area contributed by atoms with Gasteiger partial charge in [0.2, 0.25) is 0 Å². The lowest BCUT2D eigenvalue weighted by atomic mass is 9.97. The van der Waals surface area contributed by atoms with Gasteiger partial charge in [-0.1, -0.05) is 11.3 Å². The van der Waals surface area contributed by atoms with E-state index in [0.717, 1.165) is 26.3 Å². The fourth-order valence-corrected chi connectivity index (χ4v) is 4.53. The number of ketones is 1. The van der Waals surface area contributed by atoms with Gasteiger partial charge in [-0.2, -0.15) is 23.4 Å². The van der Waals surface area contributed by atoms with Crippen molar-refractivity contribution in [3.63, 3.8) is 0 Å². The molecule has 8 nitrogen and oxygen atoms in total. The monoisotopic (exact) mass is 490 g/mol. The van der Waals surface area contributed by atoms with Crippen molar-refractivity contribution >= 4 is 27.5 Å². The molecule has 4 heterocycles. The van der Waals surface area contributed by atoms with Crippen LogP contribution in [-0.2, 0) is 28.5 Å². The second-order valence-corrected chi connectivity index (χ2v) is 8.79. The number of ether oxygens (including phenoxy) is 1. The van der Waals surface area contributed by atoms with Gasteiger partial charge in [-0.05, 0) is 38.0 Å². The quantitative estimate of drug-likeness (QED) is 0.360. The van der Waals surface area contributed by atoms with Gasteiger partial charge in [-0.3, -0.25) is 4.79 Å². The van der Waals surface area contributed by atoms with E-state index in [9.17, 15) is 18.0 Å². The van der Waals surface area contributed by atoms with Gasteiger partial charge < -0.3 is 4.74 Å². The molecule has 34 heavy (non-hydrogen) atoms. The van der Waals surface area contributed by atoms with E-state index in [1.165, 1.54) is 29.9 Å². The van der Waals surface area contributed by atoms with Crippen LogP contribution < -0.4 is 0 Å². The first kappa shape index (κ1) is 23.9. The van der Waals surface area contributed by atoms with Crippen LogP contribution in [0.15, 0.2) is 30.9 Å². The normalized spacial score (nSPS) is 12.9. The summed E-state index contributed by atoms with van der Waals surface area (Å²) in [7, 11) is 0. The number of fused-ring (bicyclic) bond motifs is 1. The molecule has 0 amide bonds.